The van der Waals surface area contributed by atoms with Crippen LogP contribution in [0.1, 0.15) is 0 Å². The zero-order chi connectivity index (χ0) is 25.1. The number of hydrogen-bond acceptors (Lipinski definition) is 1. The molecule has 5 aromatic carbocycles. The van der Waals surface area contributed by atoms with E-state index in [1.807, 2.05) is 12.3 Å². The van der Waals surface area contributed by atoms with E-state index >= 15 is 0 Å². The molecule has 0 atom stereocenters. The first-order valence-electron chi connectivity index (χ1n) is 12.9. The molecule has 0 aliphatic carbocycles. The average Bonchev–Trinajstić information content (AvgIpc) is 3.57. The Bertz CT molecular complexity index is 2100. The van der Waals surface area contributed by atoms with E-state index in [1.165, 1.54) is 49.2 Å². The molecule has 3 nitrogen and oxygen atoms in total. The Morgan fingerprint density at radius 2 is 1.24 bits per heavy atom. The SMILES string of the molecule is c1ccc(-c2ccc(-n3c4ccccc4c4cc5ccc6c(ccn6-c6ccccc6)c5cc43)nc2)cc1. The highest BCUT2D eigenvalue weighted by atomic mass is 15.1. The topological polar surface area (TPSA) is 22.8 Å². The Labute approximate surface area is 219 Å². The summed E-state index contributed by atoms with van der Waals surface area (Å²) in [7, 11) is 0. The number of aromatic nitrogens is 3. The first-order valence-corrected chi connectivity index (χ1v) is 12.9. The number of hydrogen-bond donors (Lipinski definition) is 0. The molecule has 0 N–H and O–H groups in total. The van der Waals surface area contributed by atoms with Gasteiger partial charge in [0.25, 0.3) is 0 Å². The maximum Gasteiger partial charge on any atom is 0.137 e. The smallest absolute Gasteiger partial charge is 0.137 e. The number of nitrogens with zero attached hydrogens (tertiary/aromatic N) is 3. The van der Waals surface area contributed by atoms with Gasteiger partial charge in [-0.1, -0.05) is 72.8 Å². The molecule has 0 radical (unpaired) electrons. The molecule has 3 heterocycles. The van der Waals surface area contributed by atoms with E-state index in [-0.39, 0.29) is 0 Å². The molecule has 8 aromatic rings. The Balaban J connectivity index is 1.38. The van der Waals surface area contributed by atoms with Gasteiger partial charge in [-0.25, -0.2) is 4.98 Å². The van der Waals surface area contributed by atoms with E-state index in [0.29, 0.717) is 0 Å². The van der Waals surface area contributed by atoms with Gasteiger partial charge in [-0.2, -0.15) is 0 Å². The van der Waals surface area contributed by atoms with Crippen molar-refractivity contribution < 1.29 is 0 Å². The Morgan fingerprint density at radius 1 is 0.474 bits per heavy atom. The van der Waals surface area contributed by atoms with Crippen molar-refractivity contribution in [2.75, 3.05) is 0 Å². The fourth-order valence-corrected chi connectivity index (χ4v) is 5.79. The molecule has 38 heavy (non-hydrogen) atoms. The molecule has 178 valence electrons. The molecule has 0 spiro atoms. The largest absolute Gasteiger partial charge is 0.317 e. The Kier molecular flexibility index (Phi) is 4.52. The van der Waals surface area contributed by atoms with Crippen LogP contribution < -0.4 is 0 Å². The van der Waals surface area contributed by atoms with Crippen LogP contribution in [-0.2, 0) is 0 Å². The normalized spacial score (nSPS) is 11.7. The van der Waals surface area contributed by atoms with E-state index in [9.17, 15) is 0 Å². The molecule has 0 saturated carbocycles. The number of pyridine rings is 1. The van der Waals surface area contributed by atoms with Crippen molar-refractivity contribution in [3.63, 3.8) is 0 Å². The van der Waals surface area contributed by atoms with E-state index in [0.717, 1.165) is 16.9 Å². The molecule has 0 bridgehead atoms. The van der Waals surface area contributed by atoms with Crippen molar-refractivity contribution in [1.82, 2.24) is 14.1 Å². The maximum atomic E-state index is 4.94. The zero-order valence-corrected chi connectivity index (χ0v) is 20.6. The molecular formula is C35H23N3. The minimum absolute atomic E-state index is 0.921. The second kappa shape index (κ2) is 8.19. The lowest BCUT2D eigenvalue weighted by molar-refractivity contribution is 1.08. The summed E-state index contributed by atoms with van der Waals surface area (Å²) in [6.45, 7) is 0. The number of fused-ring (bicyclic) bond motifs is 6. The first kappa shape index (κ1) is 21.0. The monoisotopic (exact) mass is 485 g/mol. The van der Waals surface area contributed by atoms with Crippen LogP contribution in [0.25, 0.3) is 66.1 Å². The lowest BCUT2D eigenvalue weighted by atomic mass is 10.0. The van der Waals surface area contributed by atoms with E-state index in [1.54, 1.807) is 0 Å². The van der Waals surface area contributed by atoms with Gasteiger partial charge in [-0.05, 0) is 70.9 Å². The highest BCUT2D eigenvalue weighted by molar-refractivity contribution is 6.18. The third-order valence-corrected chi connectivity index (χ3v) is 7.60. The average molecular weight is 486 g/mol. The van der Waals surface area contributed by atoms with E-state index < -0.39 is 0 Å². The van der Waals surface area contributed by atoms with Crippen LogP contribution in [0.4, 0.5) is 0 Å². The fourth-order valence-electron chi connectivity index (χ4n) is 5.79. The van der Waals surface area contributed by atoms with Crippen LogP contribution in [0.2, 0.25) is 0 Å². The van der Waals surface area contributed by atoms with Gasteiger partial charge in [0, 0.05) is 39.8 Å². The highest BCUT2D eigenvalue weighted by Crippen LogP contribution is 2.37. The number of para-hydroxylation sites is 2. The minimum atomic E-state index is 0.921. The summed E-state index contributed by atoms with van der Waals surface area (Å²) in [5.41, 5.74) is 6.99. The predicted molar refractivity (Wildman–Crippen MR) is 158 cm³/mol. The lowest BCUT2D eigenvalue weighted by Crippen LogP contribution is -1.97. The summed E-state index contributed by atoms with van der Waals surface area (Å²) in [6.07, 6.45) is 4.15. The molecule has 3 heteroatoms. The summed E-state index contributed by atoms with van der Waals surface area (Å²) in [5.74, 6) is 0.921. The second-order valence-corrected chi connectivity index (χ2v) is 9.73. The molecular weight excluding hydrogens is 462 g/mol. The Morgan fingerprint density at radius 3 is 2.05 bits per heavy atom. The van der Waals surface area contributed by atoms with Crippen molar-refractivity contribution >= 4 is 43.5 Å². The van der Waals surface area contributed by atoms with Crippen molar-refractivity contribution in [2.24, 2.45) is 0 Å². The summed E-state index contributed by atoms with van der Waals surface area (Å²) < 4.78 is 4.56. The summed E-state index contributed by atoms with van der Waals surface area (Å²) in [5, 5.41) is 6.21. The molecule has 0 amide bonds. The summed E-state index contributed by atoms with van der Waals surface area (Å²) in [4.78, 5) is 4.94. The van der Waals surface area contributed by atoms with Crippen molar-refractivity contribution in [3.05, 3.63) is 140 Å². The van der Waals surface area contributed by atoms with Gasteiger partial charge >= 0.3 is 0 Å². The van der Waals surface area contributed by atoms with Crippen LogP contribution >= 0.6 is 0 Å². The molecule has 0 saturated heterocycles. The van der Waals surface area contributed by atoms with Crippen LogP contribution in [-0.4, -0.2) is 14.1 Å². The maximum absolute atomic E-state index is 4.94. The van der Waals surface area contributed by atoms with Gasteiger partial charge in [-0.15, -0.1) is 0 Å². The molecule has 0 aliphatic rings. The van der Waals surface area contributed by atoms with Gasteiger partial charge in [-0.3, -0.25) is 4.57 Å². The molecule has 0 fully saturated rings. The number of benzene rings is 5. The summed E-state index contributed by atoms with van der Waals surface area (Å²) >= 11 is 0. The van der Waals surface area contributed by atoms with Gasteiger partial charge in [0.15, 0.2) is 0 Å². The zero-order valence-electron chi connectivity index (χ0n) is 20.6. The van der Waals surface area contributed by atoms with Crippen molar-refractivity contribution in [2.45, 2.75) is 0 Å². The third-order valence-electron chi connectivity index (χ3n) is 7.60. The van der Waals surface area contributed by atoms with E-state index in [4.69, 9.17) is 4.98 Å². The predicted octanol–water partition coefficient (Wildman–Crippen LogP) is 8.94. The van der Waals surface area contributed by atoms with Crippen molar-refractivity contribution in [3.8, 4) is 22.6 Å². The van der Waals surface area contributed by atoms with Crippen LogP contribution in [0.15, 0.2) is 140 Å². The molecule has 0 unspecified atom stereocenters. The second-order valence-electron chi connectivity index (χ2n) is 9.73. The minimum Gasteiger partial charge on any atom is -0.317 e. The Hall–Kier alpha value is -5.15. The first-order chi connectivity index (χ1) is 18.8. The van der Waals surface area contributed by atoms with Crippen LogP contribution in [0.5, 0.6) is 0 Å². The van der Waals surface area contributed by atoms with Gasteiger partial charge < -0.3 is 4.57 Å². The van der Waals surface area contributed by atoms with E-state index in [2.05, 4.69) is 137 Å². The quantitative estimate of drug-likeness (QED) is 0.245. The van der Waals surface area contributed by atoms with Crippen LogP contribution in [0, 0.1) is 0 Å². The molecule has 8 rings (SSSR count). The standard InChI is InChI=1S/C35H23N3/c1-3-9-24(10-4-1)26-16-18-35(36-23-26)38-33-14-8-7-13-28(33)31-21-25-15-17-32-29(30(25)22-34(31)38)19-20-37(32)27-11-5-2-6-12-27/h1-23H. The molecule has 0 aliphatic heterocycles. The van der Waals surface area contributed by atoms with Crippen molar-refractivity contribution in [1.29, 1.82) is 0 Å². The van der Waals surface area contributed by atoms with Gasteiger partial charge in [0.2, 0.25) is 0 Å². The summed E-state index contributed by atoms with van der Waals surface area (Å²) in [6, 6.07) is 45.2. The van der Waals surface area contributed by atoms with Gasteiger partial charge in [0.05, 0.1) is 16.6 Å². The van der Waals surface area contributed by atoms with Crippen LogP contribution in [0.3, 0.4) is 0 Å². The lowest BCUT2D eigenvalue weighted by Gasteiger charge is -2.10. The highest BCUT2D eigenvalue weighted by Gasteiger charge is 2.16. The van der Waals surface area contributed by atoms with Gasteiger partial charge in [0.1, 0.15) is 5.82 Å². The molecule has 3 aromatic heterocycles. The third kappa shape index (κ3) is 3.12. The fraction of sp³-hybridized carbons (Fsp3) is 0. The number of rotatable bonds is 3.